The average Bonchev–Trinajstić information content (AvgIpc) is 3.38. The molecule has 6 nitrogen and oxygen atoms in total. The molecule has 25 heavy (non-hydrogen) atoms. The van der Waals surface area contributed by atoms with Gasteiger partial charge in [0.1, 0.15) is 0 Å². The van der Waals surface area contributed by atoms with E-state index < -0.39 is 0 Å². The number of hydrogen-bond donors (Lipinski definition) is 1. The zero-order valence-corrected chi connectivity index (χ0v) is 14.3. The van der Waals surface area contributed by atoms with Gasteiger partial charge in [-0.3, -0.25) is 4.68 Å². The molecule has 0 bridgehead atoms. The molecule has 132 valence electrons. The quantitative estimate of drug-likeness (QED) is 0.908. The minimum Gasteiger partial charge on any atom is -0.377 e. The van der Waals surface area contributed by atoms with Crippen LogP contribution in [0.5, 0.6) is 0 Å². The Hall–Kier alpha value is -2.34. The van der Waals surface area contributed by atoms with Crippen LogP contribution < -0.4 is 5.32 Å². The van der Waals surface area contributed by atoms with Gasteiger partial charge < -0.3 is 15.0 Å². The number of ether oxygens (including phenoxy) is 1. The zero-order valence-electron chi connectivity index (χ0n) is 14.3. The first-order valence-electron chi connectivity index (χ1n) is 8.97. The highest BCUT2D eigenvalue weighted by Crippen LogP contribution is 2.36. The van der Waals surface area contributed by atoms with E-state index in [2.05, 4.69) is 34.7 Å². The summed E-state index contributed by atoms with van der Waals surface area (Å²) in [6.45, 7) is 3.32. The lowest BCUT2D eigenvalue weighted by molar-refractivity contribution is 0.00463. The predicted molar refractivity (Wildman–Crippen MR) is 94.0 cm³/mol. The fourth-order valence-corrected chi connectivity index (χ4v) is 3.37. The molecule has 2 aliphatic rings. The van der Waals surface area contributed by atoms with Crippen LogP contribution in [0.3, 0.4) is 0 Å². The minimum atomic E-state index is 0.0285. The van der Waals surface area contributed by atoms with Crippen molar-refractivity contribution in [2.45, 2.75) is 32.0 Å². The van der Waals surface area contributed by atoms with Crippen molar-refractivity contribution in [2.24, 2.45) is 5.92 Å². The van der Waals surface area contributed by atoms with Gasteiger partial charge in [0, 0.05) is 25.5 Å². The minimum absolute atomic E-state index is 0.0285. The van der Waals surface area contributed by atoms with Crippen molar-refractivity contribution in [3.8, 4) is 0 Å². The summed E-state index contributed by atoms with van der Waals surface area (Å²) < 4.78 is 7.45. The van der Waals surface area contributed by atoms with Crippen molar-refractivity contribution >= 4 is 6.03 Å². The fourth-order valence-electron chi connectivity index (χ4n) is 3.37. The molecule has 0 radical (unpaired) electrons. The Balaban J connectivity index is 1.30. The van der Waals surface area contributed by atoms with Crippen LogP contribution in [0.15, 0.2) is 42.7 Å². The van der Waals surface area contributed by atoms with Crippen LogP contribution in [0, 0.1) is 5.92 Å². The van der Waals surface area contributed by atoms with Crippen LogP contribution in [0.2, 0.25) is 0 Å². The molecule has 1 saturated carbocycles. The van der Waals surface area contributed by atoms with Crippen LogP contribution in [0.25, 0.3) is 0 Å². The Kier molecular flexibility index (Phi) is 4.70. The Morgan fingerprint density at radius 1 is 1.24 bits per heavy atom. The number of amides is 2. The molecule has 1 aliphatic carbocycles. The number of nitrogens with one attached hydrogen (secondary N) is 1. The highest BCUT2D eigenvalue weighted by molar-refractivity contribution is 5.74. The molecular weight excluding hydrogens is 316 g/mol. The first-order valence-corrected chi connectivity index (χ1v) is 8.97. The summed E-state index contributed by atoms with van der Waals surface area (Å²) in [6, 6.07) is 10.5. The number of carbonyl (C=O) groups excluding carboxylic acids is 1. The molecule has 1 atom stereocenters. The number of nitrogens with zero attached hydrogens (tertiary/aromatic N) is 3. The second-order valence-electron chi connectivity index (χ2n) is 6.85. The third-order valence-electron chi connectivity index (χ3n) is 4.96. The van der Waals surface area contributed by atoms with Gasteiger partial charge in [0.25, 0.3) is 0 Å². The third kappa shape index (κ3) is 4.02. The second kappa shape index (κ2) is 7.27. The Labute approximate surface area is 147 Å². The Morgan fingerprint density at radius 3 is 2.76 bits per heavy atom. The molecule has 2 amide bonds. The summed E-state index contributed by atoms with van der Waals surface area (Å²) in [4.78, 5) is 14.5. The summed E-state index contributed by atoms with van der Waals surface area (Å²) in [5, 5.41) is 7.28. The van der Waals surface area contributed by atoms with Crippen LogP contribution >= 0.6 is 0 Å². The van der Waals surface area contributed by atoms with Gasteiger partial charge in [-0.05, 0) is 36.0 Å². The molecule has 0 spiro atoms. The first-order chi connectivity index (χ1) is 12.3. The molecule has 0 unspecified atom stereocenters. The van der Waals surface area contributed by atoms with E-state index >= 15 is 0 Å². The van der Waals surface area contributed by atoms with Crippen LogP contribution in [-0.2, 0) is 17.8 Å². The predicted octanol–water partition coefficient (Wildman–Crippen LogP) is 2.25. The van der Waals surface area contributed by atoms with E-state index in [4.69, 9.17) is 4.74 Å². The number of hydrogen-bond acceptors (Lipinski definition) is 3. The topological polar surface area (TPSA) is 59.4 Å². The van der Waals surface area contributed by atoms with E-state index in [0.29, 0.717) is 32.2 Å². The monoisotopic (exact) mass is 340 g/mol. The average molecular weight is 340 g/mol. The number of benzene rings is 1. The number of rotatable bonds is 5. The van der Waals surface area contributed by atoms with Crippen molar-refractivity contribution < 1.29 is 9.53 Å². The molecule has 2 aromatic rings. The second-order valence-corrected chi connectivity index (χ2v) is 6.85. The summed E-state index contributed by atoms with van der Waals surface area (Å²) in [6.07, 6.45) is 6.17. The van der Waals surface area contributed by atoms with E-state index in [9.17, 15) is 4.79 Å². The number of carbonyl (C=O) groups is 1. The summed E-state index contributed by atoms with van der Waals surface area (Å²) in [7, 11) is 0. The Bertz CT molecular complexity index is 695. The number of urea groups is 1. The molecule has 1 N–H and O–H groups in total. The van der Waals surface area contributed by atoms with Crippen LogP contribution in [0.4, 0.5) is 4.79 Å². The lowest BCUT2D eigenvalue weighted by Crippen LogP contribution is -2.53. The molecule has 1 aromatic carbocycles. The lowest BCUT2D eigenvalue weighted by Gasteiger charge is -2.35. The number of aromatic nitrogens is 2. The van der Waals surface area contributed by atoms with E-state index in [1.54, 1.807) is 6.20 Å². The van der Waals surface area contributed by atoms with E-state index in [1.807, 2.05) is 21.8 Å². The highest BCUT2D eigenvalue weighted by Gasteiger charge is 2.39. The molecule has 1 aromatic heterocycles. The highest BCUT2D eigenvalue weighted by atomic mass is 16.5. The van der Waals surface area contributed by atoms with Gasteiger partial charge >= 0.3 is 6.03 Å². The van der Waals surface area contributed by atoms with Gasteiger partial charge in [0.05, 0.1) is 25.8 Å². The zero-order chi connectivity index (χ0) is 17.1. The molecular formula is C19H24N4O2. The van der Waals surface area contributed by atoms with Gasteiger partial charge in [-0.25, -0.2) is 4.79 Å². The van der Waals surface area contributed by atoms with Gasteiger partial charge in [-0.15, -0.1) is 0 Å². The molecule has 1 saturated heterocycles. The summed E-state index contributed by atoms with van der Waals surface area (Å²) in [5.41, 5.74) is 2.30. The molecule has 1 aliphatic heterocycles. The lowest BCUT2D eigenvalue weighted by atomic mass is 10.1. The standard InChI is InChI=1S/C19H24N4O2/c24-19(23-10-11-25-14-18(23)17-6-7-17)20-12-15-2-4-16(5-3-15)13-22-9-1-8-21-22/h1-5,8-9,17-18H,6-7,10-14H2,(H,20,24)/t18-/m0/s1. The summed E-state index contributed by atoms with van der Waals surface area (Å²) in [5.74, 6) is 0.632. The first kappa shape index (κ1) is 16.1. The van der Waals surface area contributed by atoms with Crippen LogP contribution in [-0.4, -0.2) is 46.5 Å². The largest absolute Gasteiger partial charge is 0.377 e. The molecule has 2 heterocycles. The fraction of sp³-hybridized carbons (Fsp3) is 0.474. The van der Waals surface area contributed by atoms with Crippen molar-refractivity contribution in [1.82, 2.24) is 20.0 Å². The van der Waals surface area contributed by atoms with E-state index in [0.717, 1.165) is 12.1 Å². The van der Waals surface area contributed by atoms with Gasteiger partial charge in [0.15, 0.2) is 0 Å². The maximum absolute atomic E-state index is 12.5. The van der Waals surface area contributed by atoms with Gasteiger partial charge in [-0.2, -0.15) is 5.10 Å². The maximum atomic E-state index is 12.5. The van der Waals surface area contributed by atoms with Crippen molar-refractivity contribution in [3.63, 3.8) is 0 Å². The molecule has 4 rings (SSSR count). The smallest absolute Gasteiger partial charge is 0.318 e. The summed E-state index contributed by atoms with van der Waals surface area (Å²) >= 11 is 0. The molecule has 6 heteroatoms. The van der Waals surface area contributed by atoms with Crippen LogP contribution in [0.1, 0.15) is 24.0 Å². The normalized spacial score (nSPS) is 20.5. The van der Waals surface area contributed by atoms with Crippen molar-refractivity contribution in [3.05, 3.63) is 53.9 Å². The van der Waals surface area contributed by atoms with Crippen molar-refractivity contribution in [1.29, 1.82) is 0 Å². The van der Waals surface area contributed by atoms with Gasteiger partial charge in [0.2, 0.25) is 0 Å². The third-order valence-corrected chi connectivity index (χ3v) is 4.96. The SMILES string of the molecule is O=C(NCc1ccc(Cn2cccn2)cc1)N1CCOC[C@H]1C1CC1. The Morgan fingerprint density at radius 2 is 2.04 bits per heavy atom. The maximum Gasteiger partial charge on any atom is 0.318 e. The van der Waals surface area contributed by atoms with E-state index in [-0.39, 0.29) is 12.1 Å². The van der Waals surface area contributed by atoms with E-state index in [1.165, 1.54) is 18.4 Å². The molecule has 2 fully saturated rings. The van der Waals surface area contributed by atoms with Crippen molar-refractivity contribution in [2.75, 3.05) is 19.8 Å². The number of morpholine rings is 1. The van der Waals surface area contributed by atoms with Gasteiger partial charge in [-0.1, -0.05) is 24.3 Å².